The Morgan fingerprint density at radius 3 is 2.31 bits per heavy atom. The SMILES string of the molecule is CC(=O)c1cc2c(C)cc(=O)oc2cc1OCCN(C(C)C)C(C)C.Cl. The molecule has 0 unspecified atom stereocenters. The smallest absolute Gasteiger partial charge is 0.336 e. The molecule has 1 aromatic heterocycles. The van der Waals surface area contributed by atoms with Crippen LogP contribution in [0.15, 0.2) is 27.4 Å². The zero-order valence-electron chi connectivity index (χ0n) is 16.3. The molecule has 5 nitrogen and oxygen atoms in total. The molecule has 6 heteroatoms. The van der Waals surface area contributed by atoms with Gasteiger partial charge in [-0.3, -0.25) is 9.69 Å². The summed E-state index contributed by atoms with van der Waals surface area (Å²) >= 11 is 0. The summed E-state index contributed by atoms with van der Waals surface area (Å²) < 4.78 is 11.2. The number of halogens is 1. The highest BCUT2D eigenvalue weighted by molar-refractivity contribution is 6.01. The molecule has 26 heavy (non-hydrogen) atoms. The van der Waals surface area contributed by atoms with Gasteiger partial charge in [0, 0.05) is 36.1 Å². The molecule has 0 atom stereocenters. The second kappa shape index (κ2) is 9.19. The van der Waals surface area contributed by atoms with Crippen LogP contribution in [0.25, 0.3) is 11.0 Å². The minimum absolute atomic E-state index is 0. The Hall–Kier alpha value is -1.85. The van der Waals surface area contributed by atoms with E-state index in [9.17, 15) is 9.59 Å². The molecule has 0 N–H and O–H groups in total. The number of ether oxygens (including phenoxy) is 1. The minimum Gasteiger partial charge on any atom is -0.491 e. The Bertz CT molecular complexity index is 818. The van der Waals surface area contributed by atoms with Gasteiger partial charge in [-0.05, 0) is 53.2 Å². The Balaban J connectivity index is 0.00000338. The molecule has 2 aromatic rings. The maximum absolute atomic E-state index is 12.0. The lowest BCUT2D eigenvalue weighted by Gasteiger charge is -2.30. The quantitative estimate of drug-likeness (QED) is 0.530. The molecule has 1 heterocycles. The van der Waals surface area contributed by atoms with Gasteiger partial charge in [-0.1, -0.05) is 0 Å². The van der Waals surface area contributed by atoms with Crippen LogP contribution >= 0.6 is 12.4 Å². The summed E-state index contributed by atoms with van der Waals surface area (Å²) in [6.45, 7) is 13.1. The highest BCUT2D eigenvalue weighted by Crippen LogP contribution is 2.27. The van der Waals surface area contributed by atoms with Crippen LogP contribution < -0.4 is 10.4 Å². The molecule has 0 radical (unpaired) electrons. The monoisotopic (exact) mass is 381 g/mol. The first-order chi connectivity index (χ1) is 11.7. The molecule has 0 aliphatic carbocycles. The fourth-order valence-corrected chi connectivity index (χ4v) is 3.11. The van der Waals surface area contributed by atoms with Crippen LogP contribution in [0.1, 0.15) is 50.5 Å². The van der Waals surface area contributed by atoms with Gasteiger partial charge in [-0.2, -0.15) is 0 Å². The standard InChI is InChI=1S/C20H27NO4.ClH/c1-12(2)21(13(3)4)7-8-24-18-11-19-16(10-17(18)15(6)22)14(5)9-20(23)25-19;/h9-13H,7-8H2,1-6H3;1H. The van der Waals surface area contributed by atoms with Crippen LogP contribution in [-0.4, -0.2) is 35.9 Å². The van der Waals surface area contributed by atoms with Crippen molar-refractivity contribution in [2.45, 2.75) is 53.6 Å². The number of ketones is 1. The van der Waals surface area contributed by atoms with E-state index in [2.05, 4.69) is 32.6 Å². The molecular formula is C20H28ClNO4. The first-order valence-electron chi connectivity index (χ1n) is 8.68. The molecule has 0 amide bonds. The first kappa shape index (κ1) is 22.2. The molecule has 0 saturated heterocycles. The van der Waals surface area contributed by atoms with E-state index < -0.39 is 5.63 Å². The van der Waals surface area contributed by atoms with Crippen LogP contribution in [0.2, 0.25) is 0 Å². The van der Waals surface area contributed by atoms with E-state index in [1.165, 1.54) is 13.0 Å². The minimum atomic E-state index is -0.405. The average Bonchev–Trinajstić information content (AvgIpc) is 2.49. The van der Waals surface area contributed by atoms with Gasteiger partial charge < -0.3 is 9.15 Å². The van der Waals surface area contributed by atoms with E-state index >= 15 is 0 Å². The second-order valence-corrected chi connectivity index (χ2v) is 6.92. The maximum atomic E-state index is 12.0. The molecule has 1 aromatic carbocycles. The normalized spacial score (nSPS) is 11.3. The summed E-state index contributed by atoms with van der Waals surface area (Å²) in [4.78, 5) is 25.9. The van der Waals surface area contributed by atoms with Crippen molar-refractivity contribution in [2.75, 3.05) is 13.2 Å². The Kier molecular flexibility index (Phi) is 7.85. The molecular weight excluding hydrogens is 354 g/mol. The summed E-state index contributed by atoms with van der Waals surface area (Å²) in [5.41, 5.74) is 1.32. The van der Waals surface area contributed by atoms with Crippen molar-refractivity contribution in [3.05, 3.63) is 39.7 Å². The van der Waals surface area contributed by atoms with E-state index in [1.807, 2.05) is 6.92 Å². The Morgan fingerprint density at radius 1 is 1.15 bits per heavy atom. The highest BCUT2D eigenvalue weighted by Gasteiger charge is 2.16. The summed E-state index contributed by atoms with van der Waals surface area (Å²) in [6, 6.07) is 5.64. The van der Waals surface area contributed by atoms with Crippen molar-refractivity contribution in [1.29, 1.82) is 0 Å². The van der Waals surface area contributed by atoms with Gasteiger partial charge in [-0.15, -0.1) is 12.4 Å². The molecule has 144 valence electrons. The van der Waals surface area contributed by atoms with Crippen LogP contribution in [-0.2, 0) is 0 Å². The number of rotatable bonds is 7. The number of nitrogens with zero attached hydrogens (tertiary/aromatic N) is 1. The number of hydrogen-bond acceptors (Lipinski definition) is 5. The van der Waals surface area contributed by atoms with Gasteiger partial charge in [0.05, 0.1) is 5.56 Å². The number of carbonyl (C=O) groups is 1. The van der Waals surface area contributed by atoms with Crippen molar-refractivity contribution in [3.8, 4) is 5.75 Å². The van der Waals surface area contributed by atoms with Crippen LogP contribution in [0.5, 0.6) is 5.75 Å². The van der Waals surface area contributed by atoms with Crippen molar-refractivity contribution in [3.63, 3.8) is 0 Å². The van der Waals surface area contributed by atoms with E-state index in [4.69, 9.17) is 9.15 Å². The van der Waals surface area contributed by atoms with Crippen LogP contribution in [0.4, 0.5) is 0 Å². The Labute approximate surface area is 160 Å². The molecule has 0 aliphatic rings. The van der Waals surface area contributed by atoms with Gasteiger partial charge in [-0.25, -0.2) is 4.79 Å². The zero-order valence-corrected chi connectivity index (χ0v) is 17.1. The van der Waals surface area contributed by atoms with E-state index in [0.29, 0.717) is 35.6 Å². The predicted molar refractivity (Wildman–Crippen MR) is 107 cm³/mol. The summed E-state index contributed by atoms with van der Waals surface area (Å²) in [7, 11) is 0. The number of fused-ring (bicyclic) bond motifs is 1. The van der Waals surface area contributed by atoms with Gasteiger partial charge in [0.25, 0.3) is 0 Å². The van der Waals surface area contributed by atoms with Gasteiger partial charge in [0.1, 0.15) is 17.9 Å². The lowest BCUT2D eigenvalue weighted by atomic mass is 10.0. The van der Waals surface area contributed by atoms with E-state index in [1.54, 1.807) is 12.1 Å². The molecule has 0 saturated carbocycles. The summed E-state index contributed by atoms with van der Waals surface area (Å²) in [5, 5.41) is 0.753. The topological polar surface area (TPSA) is 59.8 Å². The van der Waals surface area contributed by atoms with Crippen molar-refractivity contribution in [2.24, 2.45) is 0 Å². The summed E-state index contributed by atoms with van der Waals surface area (Å²) in [5.74, 6) is 0.383. The van der Waals surface area contributed by atoms with Gasteiger partial charge in [0.2, 0.25) is 0 Å². The lowest BCUT2D eigenvalue weighted by Crippen LogP contribution is -2.39. The maximum Gasteiger partial charge on any atom is 0.336 e. The van der Waals surface area contributed by atoms with Crippen LogP contribution in [0.3, 0.4) is 0 Å². The van der Waals surface area contributed by atoms with Crippen molar-refractivity contribution in [1.82, 2.24) is 4.90 Å². The molecule has 0 aliphatic heterocycles. The van der Waals surface area contributed by atoms with E-state index in [0.717, 1.165) is 17.5 Å². The number of Topliss-reactive ketones (excluding diaryl/α,β-unsaturated/α-hetero) is 1. The summed E-state index contributed by atoms with van der Waals surface area (Å²) in [6.07, 6.45) is 0. The average molecular weight is 382 g/mol. The number of carbonyl (C=O) groups excluding carboxylic acids is 1. The first-order valence-corrected chi connectivity index (χ1v) is 8.68. The lowest BCUT2D eigenvalue weighted by molar-refractivity contribution is 0.101. The van der Waals surface area contributed by atoms with E-state index in [-0.39, 0.29) is 18.2 Å². The molecule has 0 spiro atoms. The van der Waals surface area contributed by atoms with Crippen molar-refractivity contribution < 1.29 is 13.9 Å². The third-order valence-electron chi connectivity index (χ3n) is 4.36. The van der Waals surface area contributed by atoms with Crippen LogP contribution in [0, 0.1) is 6.92 Å². The number of hydrogen-bond donors (Lipinski definition) is 0. The predicted octanol–water partition coefficient (Wildman–Crippen LogP) is 4.22. The molecule has 2 rings (SSSR count). The fraction of sp³-hybridized carbons (Fsp3) is 0.500. The van der Waals surface area contributed by atoms with Gasteiger partial charge >= 0.3 is 5.63 Å². The molecule has 0 bridgehead atoms. The largest absolute Gasteiger partial charge is 0.491 e. The third kappa shape index (κ3) is 5.08. The van der Waals surface area contributed by atoms with Gasteiger partial charge in [0.15, 0.2) is 5.78 Å². The Morgan fingerprint density at radius 2 is 1.77 bits per heavy atom. The third-order valence-corrected chi connectivity index (χ3v) is 4.36. The highest BCUT2D eigenvalue weighted by atomic mass is 35.5. The van der Waals surface area contributed by atoms with Crippen molar-refractivity contribution >= 4 is 29.2 Å². The fourth-order valence-electron chi connectivity index (χ4n) is 3.11. The molecule has 0 fully saturated rings. The number of aryl methyl sites for hydroxylation is 1. The second-order valence-electron chi connectivity index (χ2n) is 6.92. The number of benzene rings is 1. The zero-order chi connectivity index (χ0) is 18.7.